The number of nitrogens with one attached hydrogen (secondary N) is 1. The van der Waals surface area contributed by atoms with Crippen LogP contribution in [0.25, 0.3) is 6.08 Å². The van der Waals surface area contributed by atoms with Crippen molar-refractivity contribution < 1.29 is 14.7 Å². The molecular formula is C24H21N3O3. The van der Waals surface area contributed by atoms with Crippen LogP contribution in [0.1, 0.15) is 40.9 Å². The Hall–Kier alpha value is -3.54. The van der Waals surface area contributed by atoms with E-state index >= 15 is 0 Å². The van der Waals surface area contributed by atoms with Gasteiger partial charge in [-0.1, -0.05) is 53.7 Å². The third-order valence-electron chi connectivity index (χ3n) is 6.36. The normalized spacial score (nSPS) is 22.2. The molecule has 30 heavy (non-hydrogen) atoms. The summed E-state index contributed by atoms with van der Waals surface area (Å²) in [5.41, 5.74) is 5.47. The molecule has 6 rings (SSSR count). The largest absolute Gasteiger partial charge is 0.454 e. The van der Waals surface area contributed by atoms with E-state index in [-0.39, 0.29) is 12.2 Å². The second-order valence-corrected chi connectivity index (χ2v) is 8.14. The average Bonchev–Trinajstić information content (AvgIpc) is 3.37. The summed E-state index contributed by atoms with van der Waals surface area (Å²) in [5, 5.41) is 20.9. The van der Waals surface area contributed by atoms with Gasteiger partial charge < -0.3 is 14.7 Å². The van der Waals surface area contributed by atoms with Crippen LogP contribution in [-0.2, 0) is 11.8 Å². The molecule has 6 nitrogen and oxygen atoms in total. The van der Waals surface area contributed by atoms with E-state index in [9.17, 15) is 5.21 Å². The second-order valence-electron chi connectivity index (χ2n) is 8.14. The molecule has 2 heterocycles. The van der Waals surface area contributed by atoms with Crippen molar-refractivity contribution in [3.63, 3.8) is 0 Å². The van der Waals surface area contributed by atoms with Crippen LogP contribution in [0.15, 0.2) is 59.8 Å². The highest BCUT2D eigenvalue weighted by atomic mass is 16.7. The van der Waals surface area contributed by atoms with Crippen molar-refractivity contribution >= 4 is 11.8 Å². The molecule has 2 N–H and O–H groups in total. The topological polar surface area (TPSA) is 79.7 Å². The quantitative estimate of drug-likeness (QED) is 0.390. The molecule has 1 atom stereocenters. The highest BCUT2D eigenvalue weighted by Gasteiger charge is 2.39. The monoisotopic (exact) mass is 399 g/mol. The van der Waals surface area contributed by atoms with Crippen molar-refractivity contribution in [3.8, 4) is 11.5 Å². The van der Waals surface area contributed by atoms with Crippen molar-refractivity contribution in [1.82, 2.24) is 10.2 Å². The molecule has 2 aliphatic carbocycles. The summed E-state index contributed by atoms with van der Waals surface area (Å²) in [7, 11) is 0. The molecule has 1 aliphatic heterocycles. The molecule has 2 aromatic carbocycles. The first-order chi connectivity index (χ1) is 14.8. The maximum atomic E-state index is 9.54. The first kappa shape index (κ1) is 17.3. The van der Waals surface area contributed by atoms with Gasteiger partial charge in [-0.25, -0.2) is 0 Å². The smallest absolute Gasteiger partial charge is 0.231 e. The minimum Gasteiger partial charge on any atom is -0.454 e. The first-order valence-corrected chi connectivity index (χ1v) is 10.2. The van der Waals surface area contributed by atoms with E-state index in [1.165, 1.54) is 5.56 Å². The minimum absolute atomic E-state index is 0.255. The predicted octanol–water partition coefficient (Wildman–Crippen LogP) is 4.28. The van der Waals surface area contributed by atoms with E-state index in [0.717, 1.165) is 53.3 Å². The van der Waals surface area contributed by atoms with Gasteiger partial charge in [0, 0.05) is 29.0 Å². The van der Waals surface area contributed by atoms with E-state index in [4.69, 9.17) is 9.47 Å². The number of ether oxygens (including phenoxy) is 2. The number of rotatable bonds is 4. The lowest BCUT2D eigenvalue weighted by atomic mass is 9.68. The fourth-order valence-corrected chi connectivity index (χ4v) is 4.61. The third-order valence-corrected chi connectivity index (χ3v) is 6.36. The van der Waals surface area contributed by atoms with Gasteiger partial charge in [0.15, 0.2) is 11.5 Å². The van der Waals surface area contributed by atoms with Gasteiger partial charge in [0.05, 0.1) is 0 Å². The lowest BCUT2D eigenvalue weighted by Crippen LogP contribution is -2.30. The van der Waals surface area contributed by atoms with Crippen LogP contribution in [0.5, 0.6) is 11.5 Å². The predicted molar refractivity (Wildman–Crippen MR) is 112 cm³/mol. The Kier molecular flexibility index (Phi) is 3.75. The maximum Gasteiger partial charge on any atom is 0.231 e. The van der Waals surface area contributed by atoms with Gasteiger partial charge in [0.1, 0.15) is 11.4 Å². The van der Waals surface area contributed by atoms with Crippen LogP contribution in [0, 0.1) is 5.92 Å². The van der Waals surface area contributed by atoms with Gasteiger partial charge in [0.25, 0.3) is 0 Å². The molecule has 1 fully saturated rings. The molecule has 0 amide bonds. The van der Waals surface area contributed by atoms with Gasteiger partial charge in [-0.05, 0) is 36.1 Å². The average molecular weight is 399 g/mol. The zero-order chi connectivity index (χ0) is 20.1. The number of fused-ring (bicyclic) bond motifs is 2. The number of aromatic amines is 1. The van der Waals surface area contributed by atoms with Crippen molar-refractivity contribution in [2.75, 3.05) is 6.79 Å². The van der Waals surface area contributed by atoms with Gasteiger partial charge in [-0.2, -0.15) is 5.10 Å². The molecule has 1 aromatic heterocycles. The Morgan fingerprint density at radius 1 is 1.07 bits per heavy atom. The molecule has 3 aliphatic rings. The first-order valence-electron chi connectivity index (χ1n) is 10.2. The van der Waals surface area contributed by atoms with Crippen LogP contribution in [0.3, 0.4) is 0 Å². The summed E-state index contributed by atoms with van der Waals surface area (Å²) < 4.78 is 11.2. The lowest BCUT2D eigenvalue weighted by molar-refractivity contribution is 0.174. The molecule has 0 spiro atoms. The number of benzene rings is 2. The van der Waals surface area contributed by atoms with Crippen LogP contribution in [-0.4, -0.2) is 27.9 Å². The van der Waals surface area contributed by atoms with Crippen LogP contribution >= 0.6 is 0 Å². The highest BCUT2D eigenvalue weighted by molar-refractivity contribution is 6.04. The van der Waals surface area contributed by atoms with Crippen LogP contribution < -0.4 is 9.47 Å². The summed E-state index contributed by atoms with van der Waals surface area (Å²) in [4.78, 5) is 0. The van der Waals surface area contributed by atoms with Crippen molar-refractivity contribution in [3.05, 3.63) is 82.7 Å². The van der Waals surface area contributed by atoms with Gasteiger partial charge >= 0.3 is 0 Å². The number of nitrogens with zero attached hydrogens (tertiary/aromatic N) is 2. The highest BCUT2D eigenvalue weighted by Crippen LogP contribution is 2.45. The third kappa shape index (κ3) is 2.56. The summed E-state index contributed by atoms with van der Waals surface area (Å²) in [5.74, 6) is 1.86. The molecule has 0 radical (unpaired) electrons. The fourth-order valence-electron chi connectivity index (χ4n) is 4.61. The zero-order valence-electron chi connectivity index (χ0n) is 16.3. The summed E-state index contributed by atoms with van der Waals surface area (Å²) in [6.07, 6.45) is 7.18. The molecule has 3 aromatic rings. The van der Waals surface area contributed by atoms with E-state index in [1.807, 2.05) is 12.1 Å². The molecule has 0 bridgehead atoms. The molecular weight excluding hydrogens is 378 g/mol. The number of allylic oxidation sites excluding steroid dienone is 1. The van der Waals surface area contributed by atoms with Gasteiger partial charge in [0.2, 0.25) is 6.79 Å². The number of oxime groups is 1. The molecule has 0 saturated heterocycles. The number of H-pyrrole nitrogens is 1. The summed E-state index contributed by atoms with van der Waals surface area (Å²) in [6, 6.07) is 16.6. The Bertz CT molecular complexity index is 1180. The Balaban J connectivity index is 1.49. The Morgan fingerprint density at radius 2 is 1.90 bits per heavy atom. The Morgan fingerprint density at radius 3 is 2.70 bits per heavy atom. The maximum absolute atomic E-state index is 9.54. The number of hydrogen-bond acceptors (Lipinski definition) is 5. The molecule has 150 valence electrons. The summed E-state index contributed by atoms with van der Waals surface area (Å²) in [6.45, 7) is 0.255. The van der Waals surface area contributed by atoms with E-state index in [2.05, 4.69) is 63.9 Å². The van der Waals surface area contributed by atoms with E-state index in [1.54, 1.807) is 0 Å². The standard InChI is InChI=1S/C24H21N3O3/c28-27-22(15-6-7-15)23-18-10-11-24(13-19(18)25-26-23,16-4-2-1-3-5-16)17-8-9-20-21(12-17)30-14-29-20/h1-5,8-12,15,28H,6-7,13-14H2,(H,25,26)/b27-22+. The number of hydrogen-bond donors (Lipinski definition) is 2. The van der Waals surface area contributed by atoms with Gasteiger partial charge in [-0.15, -0.1) is 0 Å². The molecule has 6 heteroatoms. The molecule has 1 unspecified atom stereocenters. The Labute approximate surface area is 173 Å². The van der Waals surface area contributed by atoms with Crippen molar-refractivity contribution in [1.29, 1.82) is 0 Å². The van der Waals surface area contributed by atoms with Crippen LogP contribution in [0.2, 0.25) is 0 Å². The minimum atomic E-state index is -0.366. The van der Waals surface area contributed by atoms with E-state index < -0.39 is 0 Å². The fraction of sp³-hybridized carbons (Fsp3) is 0.250. The van der Waals surface area contributed by atoms with Gasteiger partial charge in [-0.3, -0.25) is 5.10 Å². The van der Waals surface area contributed by atoms with Crippen LogP contribution in [0.4, 0.5) is 0 Å². The molecule has 1 saturated carbocycles. The lowest BCUT2D eigenvalue weighted by Gasteiger charge is -2.34. The van der Waals surface area contributed by atoms with Crippen molar-refractivity contribution in [2.24, 2.45) is 11.1 Å². The van der Waals surface area contributed by atoms with Crippen molar-refractivity contribution in [2.45, 2.75) is 24.7 Å². The number of aromatic nitrogens is 2. The second kappa shape index (κ2) is 6.49. The SMILES string of the molecule is O/N=C(/c1n[nH]c2c1C=CC(c1ccccc1)(c1ccc3c(c1)OCO3)C2)C1CC1. The van der Waals surface area contributed by atoms with E-state index in [0.29, 0.717) is 11.6 Å². The zero-order valence-corrected chi connectivity index (χ0v) is 16.3. The summed E-state index contributed by atoms with van der Waals surface area (Å²) >= 11 is 0.